The van der Waals surface area contributed by atoms with Crippen molar-refractivity contribution >= 4 is 40.5 Å². The summed E-state index contributed by atoms with van der Waals surface area (Å²) in [7, 11) is 0. The van der Waals surface area contributed by atoms with Gasteiger partial charge in [-0.05, 0) is 31.9 Å². The van der Waals surface area contributed by atoms with Gasteiger partial charge < -0.3 is 0 Å². The number of ketones is 1. The summed E-state index contributed by atoms with van der Waals surface area (Å²) in [5, 5.41) is 0.757. The number of halogens is 1. The number of thiophene rings is 1. The van der Waals surface area contributed by atoms with E-state index in [1.807, 2.05) is 24.8 Å². The van der Waals surface area contributed by atoms with Crippen LogP contribution in [0.4, 0.5) is 0 Å². The SMILES string of the molecule is CC(SC1CCCC1)C(=O)c1ccc(Cl)s1. The molecule has 0 aromatic carbocycles. The van der Waals surface area contributed by atoms with E-state index in [0.717, 1.165) is 4.88 Å². The Morgan fingerprint density at radius 2 is 2.19 bits per heavy atom. The Hall–Kier alpha value is 0.01000. The molecule has 1 aliphatic rings. The van der Waals surface area contributed by atoms with Crippen LogP contribution in [0.2, 0.25) is 4.34 Å². The first-order chi connectivity index (χ1) is 7.66. The van der Waals surface area contributed by atoms with E-state index in [2.05, 4.69) is 0 Å². The first-order valence-corrected chi connectivity index (χ1v) is 7.75. The van der Waals surface area contributed by atoms with Crippen LogP contribution in [0.3, 0.4) is 0 Å². The minimum Gasteiger partial charge on any atom is -0.292 e. The molecule has 0 N–H and O–H groups in total. The van der Waals surface area contributed by atoms with Gasteiger partial charge in [-0.25, -0.2) is 0 Å². The van der Waals surface area contributed by atoms with Gasteiger partial charge in [-0.15, -0.1) is 23.1 Å². The molecular formula is C12H15ClOS2. The minimum absolute atomic E-state index is 0.0674. The fourth-order valence-electron chi connectivity index (χ4n) is 2.02. The Bertz CT molecular complexity index is 369. The molecule has 1 aliphatic carbocycles. The lowest BCUT2D eigenvalue weighted by atomic mass is 10.2. The van der Waals surface area contributed by atoms with Crippen LogP contribution in [0.5, 0.6) is 0 Å². The molecule has 1 aromatic heterocycles. The molecule has 1 aromatic rings. The lowest BCUT2D eigenvalue weighted by molar-refractivity contribution is 0.0997. The normalized spacial score (nSPS) is 18.9. The van der Waals surface area contributed by atoms with Gasteiger partial charge in [-0.2, -0.15) is 0 Å². The van der Waals surface area contributed by atoms with Crippen molar-refractivity contribution in [1.29, 1.82) is 0 Å². The van der Waals surface area contributed by atoms with Gasteiger partial charge in [-0.1, -0.05) is 24.4 Å². The molecule has 1 atom stereocenters. The molecule has 1 heterocycles. The second kappa shape index (κ2) is 5.56. The summed E-state index contributed by atoms with van der Waals surface area (Å²) in [5.74, 6) is 0.230. The number of hydrogen-bond donors (Lipinski definition) is 0. The van der Waals surface area contributed by atoms with Crippen molar-refractivity contribution in [3.05, 3.63) is 21.3 Å². The van der Waals surface area contributed by atoms with Gasteiger partial charge >= 0.3 is 0 Å². The van der Waals surface area contributed by atoms with Crippen LogP contribution in [-0.2, 0) is 0 Å². The van der Waals surface area contributed by atoms with Crippen LogP contribution in [0, 0.1) is 0 Å². The fourth-order valence-corrected chi connectivity index (χ4v) is 4.60. The second-order valence-corrected chi connectivity index (χ2v) is 7.51. The van der Waals surface area contributed by atoms with Gasteiger partial charge in [-0.3, -0.25) is 4.79 Å². The van der Waals surface area contributed by atoms with Gasteiger partial charge in [0.05, 0.1) is 14.5 Å². The van der Waals surface area contributed by atoms with Crippen molar-refractivity contribution in [2.75, 3.05) is 0 Å². The van der Waals surface area contributed by atoms with E-state index in [1.54, 1.807) is 6.07 Å². The summed E-state index contributed by atoms with van der Waals surface area (Å²) in [6.07, 6.45) is 5.19. The maximum absolute atomic E-state index is 12.1. The molecular weight excluding hydrogens is 260 g/mol. The van der Waals surface area contributed by atoms with Crippen molar-refractivity contribution in [3.63, 3.8) is 0 Å². The molecule has 4 heteroatoms. The molecule has 1 saturated carbocycles. The van der Waals surface area contributed by atoms with Crippen LogP contribution >= 0.6 is 34.7 Å². The molecule has 0 saturated heterocycles. The molecule has 2 rings (SSSR count). The third kappa shape index (κ3) is 3.02. The lowest BCUT2D eigenvalue weighted by Crippen LogP contribution is -2.15. The maximum atomic E-state index is 12.1. The summed E-state index contributed by atoms with van der Waals surface area (Å²) >= 11 is 9.06. The number of rotatable bonds is 4. The van der Waals surface area contributed by atoms with Gasteiger partial charge in [0.25, 0.3) is 0 Å². The Balaban J connectivity index is 1.93. The van der Waals surface area contributed by atoms with Gasteiger partial charge in [0, 0.05) is 5.25 Å². The largest absolute Gasteiger partial charge is 0.292 e. The van der Waals surface area contributed by atoms with Crippen LogP contribution in [0.15, 0.2) is 12.1 Å². The van der Waals surface area contributed by atoms with Crippen LogP contribution in [0.1, 0.15) is 42.3 Å². The van der Waals surface area contributed by atoms with Crippen molar-refractivity contribution in [2.45, 2.75) is 43.1 Å². The smallest absolute Gasteiger partial charge is 0.185 e. The average Bonchev–Trinajstić information content (AvgIpc) is 2.88. The quantitative estimate of drug-likeness (QED) is 0.744. The first kappa shape index (κ1) is 12.5. The third-order valence-corrected chi connectivity index (χ3v) is 5.61. The summed E-state index contributed by atoms with van der Waals surface area (Å²) in [6, 6.07) is 3.63. The van der Waals surface area contributed by atoms with Crippen LogP contribution in [-0.4, -0.2) is 16.3 Å². The molecule has 0 bridgehead atoms. The topological polar surface area (TPSA) is 17.1 Å². The zero-order valence-electron chi connectivity index (χ0n) is 9.24. The summed E-state index contributed by atoms with van der Waals surface area (Å²) in [6.45, 7) is 2.01. The molecule has 1 fully saturated rings. The highest BCUT2D eigenvalue weighted by Crippen LogP contribution is 2.34. The number of carbonyl (C=O) groups excluding carboxylic acids is 1. The number of hydrogen-bond acceptors (Lipinski definition) is 3. The highest BCUT2D eigenvalue weighted by Gasteiger charge is 2.23. The third-order valence-electron chi connectivity index (χ3n) is 2.88. The van der Waals surface area contributed by atoms with Gasteiger partial charge in [0.2, 0.25) is 0 Å². The Morgan fingerprint density at radius 1 is 1.50 bits per heavy atom. The van der Waals surface area contributed by atoms with Crippen LogP contribution < -0.4 is 0 Å². The molecule has 0 amide bonds. The van der Waals surface area contributed by atoms with E-state index in [-0.39, 0.29) is 11.0 Å². The molecule has 0 aliphatic heterocycles. The minimum atomic E-state index is 0.0674. The predicted molar refractivity (Wildman–Crippen MR) is 73.0 cm³/mol. The van der Waals surface area contributed by atoms with Crippen LogP contribution in [0.25, 0.3) is 0 Å². The fraction of sp³-hybridized carbons (Fsp3) is 0.583. The molecule has 16 heavy (non-hydrogen) atoms. The first-order valence-electron chi connectivity index (χ1n) is 5.62. The summed E-state index contributed by atoms with van der Waals surface area (Å²) in [5.41, 5.74) is 0. The molecule has 88 valence electrons. The highest BCUT2D eigenvalue weighted by atomic mass is 35.5. The van der Waals surface area contributed by atoms with E-state index >= 15 is 0 Å². The van der Waals surface area contributed by atoms with E-state index in [1.165, 1.54) is 37.0 Å². The van der Waals surface area contributed by atoms with E-state index in [9.17, 15) is 4.79 Å². The second-order valence-electron chi connectivity index (χ2n) is 4.15. The zero-order chi connectivity index (χ0) is 11.5. The number of Topliss-reactive ketones (excluding diaryl/α,β-unsaturated/α-hetero) is 1. The summed E-state index contributed by atoms with van der Waals surface area (Å²) in [4.78, 5) is 12.9. The van der Waals surface area contributed by atoms with Gasteiger partial charge in [0.1, 0.15) is 0 Å². The maximum Gasteiger partial charge on any atom is 0.185 e. The average molecular weight is 275 g/mol. The van der Waals surface area contributed by atoms with E-state index in [0.29, 0.717) is 9.59 Å². The highest BCUT2D eigenvalue weighted by molar-refractivity contribution is 8.01. The number of thioether (sulfide) groups is 1. The van der Waals surface area contributed by atoms with Crippen molar-refractivity contribution in [1.82, 2.24) is 0 Å². The van der Waals surface area contributed by atoms with Gasteiger partial charge in [0.15, 0.2) is 5.78 Å². The van der Waals surface area contributed by atoms with E-state index < -0.39 is 0 Å². The predicted octanol–water partition coefficient (Wildman–Crippen LogP) is 4.65. The molecule has 0 radical (unpaired) electrons. The Morgan fingerprint density at radius 3 is 2.75 bits per heavy atom. The standard InChI is InChI=1S/C12H15ClOS2/c1-8(15-9-4-2-3-5-9)12(14)10-6-7-11(13)16-10/h6-9H,2-5H2,1H3. The molecule has 1 nitrogen and oxygen atoms in total. The zero-order valence-corrected chi connectivity index (χ0v) is 11.6. The molecule has 1 unspecified atom stereocenters. The monoisotopic (exact) mass is 274 g/mol. The van der Waals surface area contributed by atoms with Crippen molar-refractivity contribution < 1.29 is 4.79 Å². The summed E-state index contributed by atoms with van der Waals surface area (Å²) < 4.78 is 0.696. The Kier molecular flexibility index (Phi) is 4.34. The lowest BCUT2D eigenvalue weighted by Gasteiger charge is -2.14. The van der Waals surface area contributed by atoms with Crippen molar-refractivity contribution in [2.24, 2.45) is 0 Å². The Labute approximate surface area is 110 Å². The molecule has 0 spiro atoms. The van der Waals surface area contributed by atoms with Crippen molar-refractivity contribution in [3.8, 4) is 0 Å². The number of carbonyl (C=O) groups is 1. The van der Waals surface area contributed by atoms with E-state index in [4.69, 9.17) is 11.6 Å².